The molecule has 164 valence electrons. The van der Waals surface area contributed by atoms with Gasteiger partial charge in [0.1, 0.15) is 0 Å². The summed E-state index contributed by atoms with van der Waals surface area (Å²) in [5.41, 5.74) is 5.50. The number of carbonyl (C=O) groups is 1. The van der Waals surface area contributed by atoms with Gasteiger partial charge in [-0.2, -0.15) is 5.10 Å². The van der Waals surface area contributed by atoms with Gasteiger partial charge in [0.2, 0.25) is 0 Å². The SMILES string of the molecule is CO.O=C(NN1CCCCC1)c1cc(-c2ccc(Cl)cc2)n(-c2ccc(Cl)cc2Cl)n1. The summed E-state index contributed by atoms with van der Waals surface area (Å²) in [6.07, 6.45) is 3.34. The number of nitrogens with one attached hydrogen (secondary N) is 1. The van der Waals surface area contributed by atoms with E-state index in [0.717, 1.165) is 44.3 Å². The van der Waals surface area contributed by atoms with Crippen LogP contribution in [0.1, 0.15) is 29.8 Å². The summed E-state index contributed by atoms with van der Waals surface area (Å²) in [5, 5.41) is 15.1. The molecule has 0 radical (unpaired) electrons. The second-order valence-corrected chi connectivity index (χ2v) is 8.20. The Bertz CT molecular complexity index is 1030. The monoisotopic (exact) mass is 480 g/mol. The standard InChI is InChI=1S/C21H19Cl3N4O.CH4O/c22-15-6-4-14(5-7-15)20-13-18(21(29)26-27-10-2-1-3-11-27)25-28(20)19-9-8-16(23)12-17(19)24;1-2/h4-9,12-13H,1-3,10-11H2,(H,26,29);2H,1H3. The van der Waals surface area contributed by atoms with Gasteiger partial charge in [-0.3, -0.25) is 10.2 Å². The normalized spacial score (nSPS) is 14.0. The van der Waals surface area contributed by atoms with Crippen molar-refractivity contribution in [2.75, 3.05) is 20.2 Å². The topological polar surface area (TPSA) is 70.4 Å². The first-order valence-electron chi connectivity index (χ1n) is 9.83. The van der Waals surface area contributed by atoms with E-state index in [2.05, 4.69) is 10.5 Å². The van der Waals surface area contributed by atoms with E-state index in [0.29, 0.717) is 26.4 Å². The molecule has 0 atom stereocenters. The molecule has 1 saturated heterocycles. The molecule has 1 fully saturated rings. The number of carbonyl (C=O) groups excluding carboxylic acids is 1. The van der Waals surface area contributed by atoms with Crippen LogP contribution >= 0.6 is 34.8 Å². The molecule has 1 aromatic heterocycles. The van der Waals surface area contributed by atoms with Gasteiger partial charge in [0.25, 0.3) is 5.91 Å². The number of piperidine rings is 1. The summed E-state index contributed by atoms with van der Waals surface area (Å²) in [6.45, 7) is 1.69. The van der Waals surface area contributed by atoms with Crippen LogP contribution < -0.4 is 5.43 Å². The van der Waals surface area contributed by atoms with Crippen molar-refractivity contribution in [3.63, 3.8) is 0 Å². The number of benzene rings is 2. The molecule has 31 heavy (non-hydrogen) atoms. The first-order valence-corrected chi connectivity index (χ1v) is 11.0. The maximum absolute atomic E-state index is 12.8. The predicted molar refractivity (Wildman–Crippen MR) is 125 cm³/mol. The average molecular weight is 482 g/mol. The summed E-state index contributed by atoms with van der Waals surface area (Å²) in [7, 11) is 1.00. The Morgan fingerprint density at radius 1 is 0.935 bits per heavy atom. The highest BCUT2D eigenvalue weighted by atomic mass is 35.5. The minimum Gasteiger partial charge on any atom is -0.400 e. The average Bonchev–Trinajstić information content (AvgIpc) is 3.22. The molecule has 2 aromatic carbocycles. The van der Waals surface area contributed by atoms with Crippen LogP contribution in [0.4, 0.5) is 0 Å². The van der Waals surface area contributed by atoms with Crippen molar-refractivity contribution in [1.82, 2.24) is 20.2 Å². The fourth-order valence-electron chi connectivity index (χ4n) is 3.36. The Morgan fingerprint density at radius 2 is 1.58 bits per heavy atom. The molecular formula is C22H23Cl3N4O2. The second kappa shape index (κ2) is 11.0. The van der Waals surface area contributed by atoms with E-state index in [1.54, 1.807) is 41.1 Å². The van der Waals surface area contributed by atoms with Crippen molar-refractivity contribution in [3.8, 4) is 16.9 Å². The highest BCUT2D eigenvalue weighted by Gasteiger charge is 2.20. The van der Waals surface area contributed by atoms with Crippen LogP contribution in [0, 0.1) is 0 Å². The van der Waals surface area contributed by atoms with Gasteiger partial charge in [-0.25, -0.2) is 9.69 Å². The second-order valence-electron chi connectivity index (χ2n) is 6.92. The lowest BCUT2D eigenvalue weighted by atomic mass is 10.1. The molecule has 0 unspecified atom stereocenters. The third-order valence-electron chi connectivity index (χ3n) is 4.84. The van der Waals surface area contributed by atoms with E-state index in [1.807, 2.05) is 17.1 Å². The van der Waals surface area contributed by atoms with Crippen molar-refractivity contribution < 1.29 is 9.90 Å². The van der Waals surface area contributed by atoms with E-state index in [1.165, 1.54) is 6.42 Å². The molecule has 1 aliphatic heterocycles. The highest BCUT2D eigenvalue weighted by Crippen LogP contribution is 2.30. The van der Waals surface area contributed by atoms with E-state index >= 15 is 0 Å². The molecule has 6 nitrogen and oxygen atoms in total. The number of hydrogen-bond acceptors (Lipinski definition) is 4. The Balaban J connectivity index is 0.00000132. The van der Waals surface area contributed by atoms with E-state index in [-0.39, 0.29) is 5.91 Å². The van der Waals surface area contributed by atoms with Gasteiger partial charge in [0.05, 0.1) is 16.4 Å². The molecule has 4 rings (SSSR count). The van der Waals surface area contributed by atoms with Gasteiger partial charge in [0, 0.05) is 35.8 Å². The molecule has 0 spiro atoms. The van der Waals surface area contributed by atoms with Crippen molar-refractivity contribution in [3.05, 3.63) is 69.3 Å². The number of aromatic nitrogens is 2. The molecule has 1 aliphatic rings. The van der Waals surface area contributed by atoms with Gasteiger partial charge in [-0.15, -0.1) is 0 Å². The Labute approximate surface area is 196 Å². The lowest BCUT2D eigenvalue weighted by Crippen LogP contribution is -2.45. The van der Waals surface area contributed by atoms with Gasteiger partial charge < -0.3 is 5.11 Å². The Kier molecular flexibility index (Phi) is 8.35. The molecule has 2 heterocycles. The number of amides is 1. The van der Waals surface area contributed by atoms with Crippen molar-refractivity contribution in [2.45, 2.75) is 19.3 Å². The molecule has 3 aromatic rings. The highest BCUT2D eigenvalue weighted by molar-refractivity contribution is 6.35. The zero-order valence-electron chi connectivity index (χ0n) is 17.0. The van der Waals surface area contributed by atoms with Crippen LogP contribution in [0.2, 0.25) is 15.1 Å². The maximum Gasteiger partial charge on any atom is 0.286 e. The lowest BCUT2D eigenvalue weighted by Gasteiger charge is -2.26. The minimum absolute atomic E-state index is 0.244. The number of nitrogens with zero attached hydrogens (tertiary/aromatic N) is 3. The maximum atomic E-state index is 12.8. The number of halogens is 3. The quantitative estimate of drug-likeness (QED) is 0.535. The van der Waals surface area contributed by atoms with Crippen LogP contribution in [-0.4, -0.2) is 46.0 Å². The molecule has 0 saturated carbocycles. The van der Waals surface area contributed by atoms with Crippen LogP contribution in [0.25, 0.3) is 16.9 Å². The van der Waals surface area contributed by atoms with Gasteiger partial charge in [0.15, 0.2) is 5.69 Å². The number of rotatable bonds is 4. The largest absolute Gasteiger partial charge is 0.400 e. The zero-order valence-corrected chi connectivity index (χ0v) is 19.3. The summed E-state index contributed by atoms with van der Waals surface area (Å²) >= 11 is 18.5. The first-order chi connectivity index (χ1) is 15.0. The molecule has 0 bridgehead atoms. The third-order valence-corrected chi connectivity index (χ3v) is 5.63. The van der Waals surface area contributed by atoms with Crippen molar-refractivity contribution in [2.24, 2.45) is 0 Å². The van der Waals surface area contributed by atoms with Crippen LogP contribution in [0.5, 0.6) is 0 Å². The summed E-state index contributed by atoms with van der Waals surface area (Å²) in [6, 6.07) is 14.3. The van der Waals surface area contributed by atoms with Gasteiger partial charge in [-0.1, -0.05) is 53.4 Å². The number of hydrazine groups is 1. The van der Waals surface area contributed by atoms with Crippen LogP contribution in [0.15, 0.2) is 48.5 Å². The Hall–Kier alpha value is -2.09. The third kappa shape index (κ3) is 5.79. The smallest absolute Gasteiger partial charge is 0.286 e. The van der Waals surface area contributed by atoms with Crippen LogP contribution in [0.3, 0.4) is 0 Å². The zero-order chi connectivity index (χ0) is 22.4. The summed E-state index contributed by atoms with van der Waals surface area (Å²) < 4.78 is 1.66. The molecule has 1 amide bonds. The molecule has 9 heteroatoms. The molecule has 2 N–H and O–H groups in total. The number of aliphatic hydroxyl groups excluding tert-OH is 1. The van der Waals surface area contributed by atoms with E-state index in [4.69, 9.17) is 39.9 Å². The van der Waals surface area contributed by atoms with Gasteiger partial charge in [-0.05, 0) is 49.2 Å². The fourth-order valence-corrected chi connectivity index (χ4v) is 3.98. The van der Waals surface area contributed by atoms with Gasteiger partial charge >= 0.3 is 0 Å². The Morgan fingerprint density at radius 3 is 2.23 bits per heavy atom. The van der Waals surface area contributed by atoms with E-state index in [9.17, 15) is 4.79 Å². The molecular weight excluding hydrogens is 459 g/mol. The van der Waals surface area contributed by atoms with Crippen molar-refractivity contribution >= 4 is 40.7 Å². The molecule has 0 aliphatic carbocycles. The van der Waals surface area contributed by atoms with Crippen molar-refractivity contribution in [1.29, 1.82) is 0 Å². The van der Waals surface area contributed by atoms with E-state index < -0.39 is 0 Å². The predicted octanol–water partition coefficient (Wildman–Crippen LogP) is 5.24. The summed E-state index contributed by atoms with van der Waals surface area (Å²) in [4.78, 5) is 12.8. The summed E-state index contributed by atoms with van der Waals surface area (Å²) in [5.74, 6) is -0.244. The fraction of sp³-hybridized carbons (Fsp3) is 0.273. The van der Waals surface area contributed by atoms with Crippen LogP contribution in [-0.2, 0) is 0 Å². The number of hydrogen-bond donors (Lipinski definition) is 2. The number of aliphatic hydroxyl groups is 1. The first kappa shape index (κ1) is 23.6. The lowest BCUT2D eigenvalue weighted by molar-refractivity contribution is 0.0744. The minimum atomic E-state index is -0.244.